The van der Waals surface area contributed by atoms with E-state index >= 15 is 0 Å². The minimum atomic E-state index is -0.580. The topological polar surface area (TPSA) is 96.6 Å². The molecular weight excluding hydrogens is 294 g/mol. The van der Waals surface area contributed by atoms with Gasteiger partial charge in [0.1, 0.15) is 23.1 Å². The third kappa shape index (κ3) is 4.25. The van der Waals surface area contributed by atoms with Crippen LogP contribution in [0.4, 0.5) is 11.4 Å². The second kappa shape index (κ2) is 7.00. The SMILES string of the molecule is CN(/C=C(/C#N)C(=O)Nc1cccc(O)c1)c1ccc(O)cc1. The van der Waals surface area contributed by atoms with Crippen molar-refractivity contribution in [2.75, 3.05) is 17.3 Å². The molecule has 0 spiro atoms. The number of nitrogens with one attached hydrogen (secondary N) is 1. The van der Waals surface area contributed by atoms with Gasteiger partial charge in [-0.2, -0.15) is 5.26 Å². The number of carbonyl (C=O) groups is 1. The van der Waals surface area contributed by atoms with E-state index < -0.39 is 5.91 Å². The second-order valence-corrected chi connectivity index (χ2v) is 4.79. The van der Waals surface area contributed by atoms with Gasteiger partial charge in [0, 0.05) is 30.7 Å². The van der Waals surface area contributed by atoms with Crippen molar-refractivity contribution in [3.63, 3.8) is 0 Å². The van der Waals surface area contributed by atoms with Crippen LogP contribution >= 0.6 is 0 Å². The Morgan fingerprint density at radius 1 is 1.17 bits per heavy atom. The van der Waals surface area contributed by atoms with Crippen LogP contribution < -0.4 is 10.2 Å². The monoisotopic (exact) mass is 309 g/mol. The summed E-state index contributed by atoms with van der Waals surface area (Å²) in [6.07, 6.45) is 1.39. The van der Waals surface area contributed by atoms with Crippen LogP contribution in [0.3, 0.4) is 0 Å². The first kappa shape index (κ1) is 15.9. The van der Waals surface area contributed by atoms with Crippen molar-refractivity contribution in [2.45, 2.75) is 0 Å². The predicted octanol–water partition coefficient (Wildman–Crippen LogP) is 2.58. The van der Waals surface area contributed by atoms with E-state index in [1.807, 2.05) is 6.07 Å². The minimum Gasteiger partial charge on any atom is -0.508 e. The summed E-state index contributed by atoms with van der Waals surface area (Å²) in [4.78, 5) is 13.7. The molecule has 0 saturated carbocycles. The predicted molar refractivity (Wildman–Crippen MR) is 86.9 cm³/mol. The van der Waals surface area contributed by atoms with E-state index in [9.17, 15) is 20.3 Å². The fourth-order valence-corrected chi connectivity index (χ4v) is 1.88. The number of amides is 1. The van der Waals surface area contributed by atoms with Crippen LogP contribution in [-0.2, 0) is 4.79 Å². The van der Waals surface area contributed by atoms with Crippen LogP contribution in [0.15, 0.2) is 60.3 Å². The molecule has 0 unspecified atom stereocenters. The zero-order chi connectivity index (χ0) is 16.8. The van der Waals surface area contributed by atoms with Crippen molar-refractivity contribution in [3.05, 3.63) is 60.3 Å². The zero-order valence-electron chi connectivity index (χ0n) is 12.4. The van der Waals surface area contributed by atoms with E-state index in [0.717, 1.165) is 0 Å². The summed E-state index contributed by atoms with van der Waals surface area (Å²) in [5.41, 5.74) is 1.01. The molecule has 2 aromatic rings. The highest BCUT2D eigenvalue weighted by atomic mass is 16.3. The van der Waals surface area contributed by atoms with Crippen molar-refractivity contribution < 1.29 is 15.0 Å². The standard InChI is InChI=1S/C17H15N3O3/c1-20(14-5-7-15(21)8-6-14)11-12(10-18)17(23)19-13-3-2-4-16(22)9-13/h2-9,11,21-22H,1H3,(H,19,23)/b12-11-. The molecule has 0 aromatic heterocycles. The number of phenols is 2. The molecular formula is C17H15N3O3. The van der Waals surface area contributed by atoms with Crippen molar-refractivity contribution in [1.29, 1.82) is 5.26 Å². The molecule has 0 fully saturated rings. The van der Waals surface area contributed by atoms with Crippen molar-refractivity contribution in [2.24, 2.45) is 0 Å². The van der Waals surface area contributed by atoms with E-state index in [0.29, 0.717) is 11.4 Å². The average Bonchev–Trinajstić information content (AvgIpc) is 2.53. The van der Waals surface area contributed by atoms with Gasteiger partial charge in [0.2, 0.25) is 0 Å². The van der Waals surface area contributed by atoms with Crippen molar-refractivity contribution in [3.8, 4) is 17.6 Å². The maximum absolute atomic E-state index is 12.1. The Morgan fingerprint density at radius 3 is 2.48 bits per heavy atom. The third-order valence-electron chi connectivity index (χ3n) is 3.05. The number of phenolic OH excluding ortho intramolecular Hbond substituents is 2. The number of anilines is 2. The number of hydrogen-bond acceptors (Lipinski definition) is 5. The molecule has 0 heterocycles. The minimum absolute atomic E-state index is 0.0199. The van der Waals surface area contributed by atoms with Crippen molar-refractivity contribution >= 4 is 17.3 Å². The van der Waals surface area contributed by atoms with E-state index in [4.69, 9.17) is 0 Å². The molecule has 0 bridgehead atoms. The Labute approximate surface area is 133 Å². The fourth-order valence-electron chi connectivity index (χ4n) is 1.88. The number of nitriles is 1. The fraction of sp³-hybridized carbons (Fsp3) is 0.0588. The third-order valence-corrected chi connectivity index (χ3v) is 3.05. The van der Waals surface area contributed by atoms with Gasteiger partial charge in [-0.3, -0.25) is 4.79 Å². The Hall–Kier alpha value is -3.46. The molecule has 2 aromatic carbocycles. The van der Waals surface area contributed by atoms with Gasteiger partial charge in [-0.1, -0.05) is 6.07 Å². The van der Waals surface area contributed by atoms with E-state index in [1.54, 1.807) is 36.2 Å². The van der Waals surface area contributed by atoms with E-state index in [2.05, 4.69) is 5.32 Å². The molecule has 0 radical (unpaired) electrons. The van der Waals surface area contributed by atoms with Gasteiger partial charge >= 0.3 is 0 Å². The normalized spacial score (nSPS) is 10.7. The lowest BCUT2D eigenvalue weighted by Crippen LogP contribution is -2.17. The second-order valence-electron chi connectivity index (χ2n) is 4.79. The van der Waals surface area contributed by atoms with Crippen LogP contribution in [0.1, 0.15) is 0 Å². The molecule has 23 heavy (non-hydrogen) atoms. The first-order chi connectivity index (χ1) is 11.0. The zero-order valence-corrected chi connectivity index (χ0v) is 12.4. The van der Waals surface area contributed by atoms with Gasteiger partial charge < -0.3 is 20.4 Å². The highest BCUT2D eigenvalue weighted by Crippen LogP contribution is 2.19. The first-order valence-corrected chi connectivity index (χ1v) is 6.74. The van der Waals surface area contributed by atoms with Crippen LogP contribution in [0.2, 0.25) is 0 Å². The van der Waals surface area contributed by atoms with Gasteiger partial charge in [-0.05, 0) is 36.4 Å². The Bertz CT molecular complexity index is 776. The van der Waals surface area contributed by atoms with Crippen molar-refractivity contribution in [1.82, 2.24) is 0 Å². The van der Waals surface area contributed by atoms with Crippen LogP contribution in [-0.4, -0.2) is 23.2 Å². The number of aromatic hydroxyl groups is 2. The number of rotatable bonds is 4. The number of benzene rings is 2. The number of carbonyl (C=O) groups excluding carboxylic acids is 1. The molecule has 0 atom stereocenters. The van der Waals surface area contributed by atoms with E-state index in [1.165, 1.54) is 30.5 Å². The molecule has 2 rings (SSSR count). The molecule has 3 N–H and O–H groups in total. The molecule has 6 nitrogen and oxygen atoms in total. The summed E-state index contributed by atoms with van der Waals surface area (Å²) in [5.74, 6) is -0.427. The Morgan fingerprint density at radius 2 is 1.87 bits per heavy atom. The summed E-state index contributed by atoms with van der Waals surface area (Å²) < 4.78 is 0. The summed E-state index contributed by atoms with van der Waals surface area (Å²) in [6, 6.07) is 14.3. The molecule has 1 amide bonds. The molecule has 0 aliphatic heterocycles. The molecule has 0 aliphatic carbocycles. The lowest BCUT2D eigenvalue weighted by molar-refractivity contribution is -0.112. The smallest absolute Gasteiger partial charge is 0.267 e. The summed E-state index contributed by atoms with van der Waals surface area (Å²) in [6.45, 7) is 0. The molecule has 6 heteroatoms. The van der Waals surface area contributed by atoms with Gasteiger partial charge in [-0.15, -0.1) is 0 Å². The van der Waals surface area contributed by atoms with Gasteiger partial charge in [0.25, 0.3) is 5.91 Å². The quantitative estimate of drug-likeness (QED) is 0.596. The Balaban J connectivity index is 2.16. The van der Waals surface area contributed by atoms with Crippen LogP contribution in [0.5, 0.6) is 11.5 Å². The lowest BCUT2D eigenvalue weighted by Gasteiger charge is -2.15. The lowest BCUT2D eigenvalue weighted by atomic mass is 10.2. The molecule has 0 saturated heterocycles. The maximum Gasteiger partial charge on any atom is 0.267 e. The maximum atomic E-state index is 12.1. The van der Waals surface area contributed by atoms with E-state index in [-0.39, 0.29) is 17.1 Å². The largest absolute Gasteiger partial charge is 0.508 e. The Kier molecular flexibility index (Phi) is 4.85. The number of hydrogen-bond donors (Lipinski definition) is 3. The average molecular weight is 309 g/mol. The summed E-state index contributed by atoms with van der Waals surface area (Å²) in [5, 5.41) is 30.4. The van der Waals surface area contributed by atoms with Gasteiger partial charge in [0.15, 0.2) is 0 Å². The highest BCUT2D eigenvalue weighted by molar-refractivity contribution is 6.06. The van der Waals surface area contributed by atoms with Crippen LogP contribution in [0, 0.1) is 11.3 Å². The molecule has 0 aliphatic rings. The van der Waals surface area contributed by atoms with Gasteiger partial charge in [0.05, 0.1) is 0 Å². The van der Waals surface area contributed by atoms with Gasteiger partial charge in [-0.25, -0.2) is 0 Å². The first-order valence-electron chi connectivity index (χ1n) is 6.74. The highest BCUT2D eigenvalue weighted by Gasteiger charge is 2.11. The van der Waals surface area contributed by atoms with Crippen LogP contribution in [0.25, 0.3) is 0 Å². The summed E-state index contributed by atoms with van der Waals surface area (Å²) in [7, 11) is 1.69. The summed E-state index contributed by atoms with van der Waals surface area (Å²) >= 11 is 0. The molecule has 116 valence electrons. The number of nitrogens with zero attached hydrogens (tertiary/aromatic N) is 2.